The van der Waals surface area contributed by atoms with E-state index < -0.39 is 5.54 Å². The first-order valence-electron chi connectivity index (χ1n) is 9.76. The van der Waals surface area contributed by atoms with Gasteiger partial charge >= 0.3 is 0 Å². The van der Waals surface area contributed by atoms with Gasteiger partial charge in [-0.25, -0.2) is 4.99 Å². The smallest absolute Gasteiger partial charge is 0.283 e. The molecule has 158 valence electrons. The van der Waals surface area contributed by atoms with Gasteiger partial charge in [-0.15, -0.1) is 0 Å². The highest BCUT2D eigenvalue weighted by Gasteiger charge is 2.40. The van der Waals surface area contributed by atoms with Gasteiger partial charge in [0.05, 0.1) is 6.26 Å². The number of carbonyl (C=O) groups excluding carboxylic acids is 1. The van der Waals surface area contributed by atoms with Crippen LogP contribution in [0.1, 0.15) is 27.0 Å². The second kappa shape index (κ2) is 9.63. The van der Waals surface area contributed by atoms with E-state index >= 15 is 0 Å². The van der Waals surface area contributed by atoms with Crippen molar-refractivity contribution >= 4 is 17.6 Å². The summed E-state index contributed by atoms with van der Waals surface area (Å²) in [5.41, 5.74) is 9.37. The van der Waals surface area contributed by atoms with Gasteiger partial charge in [0.25, 0.3) is 11.9 Å². The zero-order valence-corrected chi connectivity index (χ0v) is 17.3. The number of nitrogens with zero attached hydrogens (tertiary/aromatic N) is 1. The number of nitrogens with two attached hydrogens (primary N) is 1. The minimum absolute atomic E-state index is 0.153. The van der Waals surface area contributed by atoms with Crippen LogP contribution in [0.3, 0.4) is 0 Å². The molecule has 1 aliphatic rings. The summed E-state index contributed by atoms with van der Waals surface area (Å²) in [6.07, 6.45) is 0.750. The Morgan fingerprint density at radius 1 is 1.10 bits per heavy atom. The Bertz CT molecular complexity index is 1100. The maximum atomic E-state index is 12.6. The number of nitrogens with one attached hydrogen (secondary N) is 1. The molecule has 1 unspecified atom stereocenters. The predicted molar refractivity (Wildman–Crippen MR) is 123 cm³/mol. The van der Waals surface area contributed by atoms with Gasteiger partial charge in [0.15, 0.2) is 5.54 Å². The molecular formula is C25H25N3O3. The highest BCUT2D eigenvalue weighted by Crippen LogP contribution is 2.38. The molecule has 0 spiro atoms. The van der Waals surface area contributed by atoms with Crippen LogP contribution in [0.4, 0.5) is 5.69 Å². The molecule has 1 atom stereocenters. The normalized spacial score (nSPS) is 16.9. The van der Waals surface area contributed by atoms with Gasteiger partial charge in [0.1, 0.15) is 6.61 Å². The van der Waals surface area contributed by atoms with Crippen molar-refractivity contribution in [3.8, 4) is 0 Å². The first kappa shape index (κ1) is 21.6. The molecule has 1 aliphatic heterocycles. The molecule has 0 saturated carbocycles. The monoisotopic (exact) mass is 415 g/mol. The number of amidine groups is 1. The Morgan fingerprint density at radius 3 is 2.42 bits per heavy atom. The summed E-state index contributed by atoms with van der Waals surface area (Å²) in [5.74, 6) is -0.153. The first-order valence-corrected chi connectivity index (χ1v) is 9.76. The van der Waals surface area contributed by atoms with Crippen LogP contribution >= 0.6 is 0 Å². The molecular weight excluding hydrogens is 390 g/mol. The van der Waals surface area contributed by atoms with E-state index in [9.17, 15) is 4.79 Å². The molecule has 0 aliphatic carbocycles. The minimum atomic E-state index is -0.727. The average Bonchev–Trinajstić information content (AvgIpc) is 3.18. The Morgan fingerprint density at radius 2 is 1.77 bits per heavy atom. The quantitative estimate of drug-likeness (QED) is 0.546. The number of aliphatic hydroxyl groups excluding tert-OH is 1. The highest BCUT2D eigenvalue weighted by atomic mass is 16.5. The molecule has 6 nitrogen and oxygen atoms in total. The highest BCUT2D eigenvalue weighted by molar-refractivity contribution is 6.04. The van der Waals surface area contributed by atoms with Gasteiger partial charge in [0.2, 0.25) is 0 Å². The van der Waals surface area contributed by atoms with E-state index in [4.69, 9.17) is 15.6 Å². The standard InChI is InChI=1S/C23H21N3O2.C2H4O/c1-16-7-5-8-17(13-16)21(27)25-20-12-6-11-19(14-20)23(15-28-22(24)26-23)18-9-3-2-4-10-18;1-2-3/h2-14H,15H2,1H3,(H2,24,26)(H,25,27);2-3H,1H2. The van der Waals surface area contributed by atoms with Gasteiger partial charge in [-0.2, -0.15) is 0 Å². The van der Waals surface area contributed by atoms with Crippen LogP contribution in [0.25, 0.3) is 0 Å². The predicted octanol–water partition coefficient (Wildman–Crippen LogP) is 4.52. The molecule has 3 aromatic rings. The number of amides is 1. The average molecular weight is 415 g/mol. The van der Waals surface area contributed by atoms with Gasteiger partial charge in [-0.1, -0.05) is 66.7 Å². The summed E-state index contributed by atoms with van der Waals surface area (Å²) in [5, 5.41) is 10.3. The number of anilines is 1. The van der Waals surface area contributed by atoms with Crippen LogP contribution in [0.15, 0.2) is 96.7 Å². The van der Waals surface area contributed by atoms with E-state index in [-0.39, 0.29) is 11.9 Å². The lowest BCUT2D eigenvalue weighted by Crippen LogP contribution is -2.27. The molecule has 0 radical (unpaired) electrons. The van der Waals surface area contributed by atoms with Crippen molar-refractivity contribution in [2.75, 3.05) is 11.9 Å². The topological polar surface area (TPSA) is 96.9 Å². The minimum Gasteiger partial charge on any atom is -0.516 e. The molecule has 1 amide bonds. The third kappa shape index (κ3) is 4.93. The van der Waals surface area contributed by atoms with Crippen LogP contribution < -0.4 is 11.1 Å². The van der Waals surface area contributed by atoms with E-state index in [2.05, 4.69) is 16.9 Å². The molecule has 0 aromatic heterocycles. The molecule has 4 N–H and O–H groups in total. The Balaban J connectivity index is 0.000000858. The van der Waals surface area contributed by atoms with Gasteiger partial charge in [-0.3, -0.25) is 4.79 Å². The fraction of sp³-hybridized carbons (Fsp3) is 0.120. The van der Waals surface area contributed by atoms with Crippen LogP contribution in [0.5, 0.6) is 0 Å². The number of rotatable bonds is 4. The molecule has 0 fully saturated rings. The SMILES string of the molecule is C=CO.Cc1cccc(C(=O)Nc2cccc(C3(c4ccccc4)COC(N)=N3)c2)c1. The summed E-state index contributed by atoms with van der Waals surface area (Å²) in [7, 11) is 0. The number of aliphatic hydroxyl groups is 1. The number of hydrogen-bond donors (Lipinski definition) is 3. The van der Waals surface area contributed by atoms with Crippen molar-refractivity contribution in [3.63, 3.8) is 0 Å². The number of carbonyl (C=O) groups is 1. The van der Waals surface area contributed by atoms with E-state index in [1.807, 2.05) is 79.7 Å². The number of hydrogen-bond acceptors (Lipinski definition) is 5. The van der Waals surface area contributed by atoms with Crippen molar-refractivity contribution in [3.05, 3.63) is 114 Å². The Hall–Kier alpha value is -4.06. The summed E-state index contributed by atoms with van der Waals surface area (Å²) >= 11 is 0. The second-order valence-corrected chi connectivity index (χ2v) is 7.05. The molecule has 0 bridgehead atoms. The molecule has 6 heteroatoms. The van der Waals surface area contributed by atoms with Crippen molar-refractivity contribution in [2.45, 2.75) is 12.5 Å². The zero-order chi connectivity index (χ0) is 22.3. The van der Waals surface area contributed by atoms with Crippen molar-refractivity contribution in [2.24, 2.45) is 10.7 Å². The Kier molecular flexibility index (Phi) is 6.72. The van der Waals surface area contributed by atoms with E-state index in [1.54, 1.807) is 6.07 Å². The van der Waals surface area contributed by atoms with Crippen molar-refractivity contribution in [1.82, 2.24) is 0 Å². The lowest BCUT2D eigenvalue weighted by molar-refractivity contribution is 0.102. The van der Waals surface area contributed by atoms with Crippen molar-refractivity contribution in [1.29, 1.82) is 0 Å². The second-order valence-electron chi connectivity index (χ2n) is 7.05. The van der Waals surface area contributed by atoms with Gasteiger partial charge < -0.3 is 20.9 Å². The summed E-state index contributed by atoms with van der Waals surface area (Å²) in [4.78, 5) is 17.2. The molecule has 3 aromatic carbocycles. The number of ether oxygens (including phenoxy) is 1. The third-order valence-electron chi connectivity index (χ3n) is 4.86. The fourth-order valence-electron chi connectivity index (χ4n) is 3.45. The third-order valence-corrected chi connectivity index (χ3v) is 4.86. The molecule has 0 saturated heterocycles. The first-order chi connectivity index (χ1) is 15.0. The largest absolute Gasteiger partial charge is 0.516 e. The summed E-state index contributed by atoms with van der Waals surface area (Å²) < 4.78 is 5.52. The molecule has 4 rings (SSSR count). The molecule has 31 heavy (non-hydrogen) atoms. The number of aliphatic imine (C=N–C) groups is 1. The summed E-state index contributed by atoms with van der Waals surface area (Å²) in [6, 6.07) is 25.2. The zero-order valence-electron chi connectivity index (χ0n) is 17.3. The Labute approximate surface area is 181 Å². The number of aryl methyl sites for hydroxylation is 1. The van der Waals surface area contributed by atoms with E-state index in [0.29, 0.717) is 17.9 Å². The summed E-state index contributed by atoms with van der Waals surface area (Å²) in [6.45, 7) is 5.20. The number of benzene rings is 3. The van der Waals surface area contributed by atoms with Crippen molar-refractivity contribution < 1.29 is 14.6 Å². The van der Waals surface area contributed by atoms with E-state index in [0.717, 1.165) is 23.0 Å². The lowest BCUT2D eigenvalue weighted by Gasteiger charge is -2.25. The maximum Gasteiger partial charge on any atom is 0.283 e. The van der Waals surface area contributed by atoms with Crippen LogP contribution in [0.2, 0.25) is 0 Å². The lowest BCUT2D eigenvalue weighted by atomic mass is 9.84. The maximum absolute atomic E-state index is 12.6. The van der Waals surface area contributed by atoms with Gasteiger partial charge in [-0.05, 0) is 42.3 Å². The van der Waals surface area contributed by atoms with Crippen LogP contribution in [0, 0.1) is 6.92 Å². The van der Waals surface area contributed by atoms with Crippen LogP contribution in [-0.4, -0.2) is 23.6 Å². The van der Waals surface area contributed by atoms with E-state index in [1.165, 1.54) is 0 Å². The molecule has 1 heterocycles. The van der Waals surface area contributed by atoms with Gasteiger partial charge in [0, 0.05) is 11.3 Å². The fourth-order valence-corrected chi connectivity index (χ4v) is 3.45. The van der Waals surface area contributed by atoms with Crippen LogP contribution in [-0.2, 0) is 10.3 Å².